The van der Waals surface area contributed by atoms with Crippen LogP contribution in [0.1, 0.15) is 30.5 Å². The number of carbonyl (C=O) groups excluding carboxylic acids is 1. The lowest BCUT2D eigenvalue weighted by molar-refractivity contribution is -0.116. The van der Waals surface area contributed by atoms with Crippen molar-refractivity contribution in [3.8, 4) is 11.5 Å². The van der Waals surface area contributed by atoms with Gasteiger partial charge in [-0.1, -0.05) is 30.3 Å². The van der Waals surface area contributed by atoms with E-state index >= 15 is 0 Å². The second-order valence-corrected chi connectivity index (χ2v) is 6.29. The maximum absolute atomic E-state index is 12.1. The molecule has 0 atom stereocenters. The van der Waals surface area contributed by atoms with E-state index in [1.54, 1.807) is 6.08 Å². The zero-order chi connectivity index (χ0) is 18.4. The summed E-state index contributed by atoms with van der Waals surface area (Å²) in [6.45, 7) is 5.25. The van der Waals surface area contributed by atoms with Crippen molar-refractivity contribution in [3.63, 3.8) is 0 Å². The maximum atomic E-state index is 12.1. The highest BCUT2D eigenvalue weighted by atomic mass is 16.7. The van der Waals surface area contributed by atoms with E-state index in [1.165, 1.54) is 6.08 Å². The SMILES string of the molecule is CC(C)OCc1ccccc1CNC(=O)C=Cc1ccc2c(c1)OCO2. The van der Waals surface area contributed by atoms with E-state index in [4.69, 9.17) is 14.2 Å². The first-order chi connectivity index (χ1) is 12.6. The number of ether oxygens (including phenoxy) is 3. The largest absolute Gasteiger partial charge is 0.454 e. The van der Waals surface area contributed by atoms with Crippen molar-refractivity contribution in [2.24, 2.45) is 0 Å². The number of hydrogen-bond donors (Lipinski definition) is 1. The van der Waals surface area contributed by atoms with Gasteiger partial charge in [-0.05, 0) is 48.7 Å². The second-order valence-electron chi connectivity index (χ2n) is 6.29. The molecule has 1 heterocycles. The molecule has 1 aliphatic heterocycles. The fourth-order valence-electron chi connectivity index (χ4n) is 2.56. The molecular formula is C21H23NO4. The van der Waals surface area contributed by atoms with Gasteiger partial charge in [0.15, 0.2) is 11.5 Å². The third-order valence-corrected chi connectivity index (χ3v) is 3.97. The second kappa shape index (κ2) is 8.54. The molecule has 2 aromatic rings. The number of hydrogen-bond acceptors (Lipinski definition) is 4. The number of rotatable bonds is 7. The van der Waals surface area contributed by atoms with Gasteiger partial charge in [0, 0.05) is 12.6 Å². The van der Waals surface area contributed by atoms with Crippen LogP contribution in [0.5, 0.6) is 11.5 Å². The Kier molecular flexibility index (Phi) is 5.92. The Morgan fingerprint density at radius 3 is 2.73 bits per heavy atom. The summed E-state index contributed by atoms with van der Waals surface area (Å²) in [4.78, 5) is 12.1. The molecular weight excluding hydrogens is 330 g/mol. The summed E-state index contributed by atoms with van der Waals surface area (Å²) in [5, 5.41) is 2.91. The van der Waals surface area contributed by atoms with Crippen LogP contribution in [-0.4, -0.2) is 18.8 Å². The highest BCUT2D eigenvalue weighted by Crippen LogP contribution is 2.32. The van der Waals surface area contributed by atoms with Gasteiger partial charge >= 0.3 is 0 Å². The molecule has 0 aliphatic carbocycles. The molecule has 0 saturated heterocycles. The summed E-state index contributed by atoms with van der Waals surface area (Å²) in [7, 11) is 0. The lowest BCUT2D eigenvalue weighted by Crippen LogP contribution is -2.21. The average molecular weight is 353 g/mol. The van der Waals surface area contributed by atoms with Crippen molar-refractivity contribution in [1.82, 2.24) is 5.32 Å². The fourth-order valence-corrected chi connectivity index (χ4v) is 2.56. The molecule has 1 N–H and O–H groups in total. The number of benzene rings is 2. The minimum Gasteiger partial charge on any atom is -0.454 e. The summed E-state index contributed by atoms with van der Waals surface area (Å²) in [6, 6.07) is 13.5. The molecule has 0 unspecified atom stereocenters. The monoisotopic (exact) mass is 353 g/mol. The van der Waals surface area contributed by atoms with Crippen molar-refractivity contribution in [3.05, 3.63) is 65.2 Å². The van der Waals surface area contributed by atoms with Gasteiger partial charge in [-0.25, -0.2) is 0 Å². The highest BCUT2D eigenvalue weighted by molar-refractivity contribution is 5.91. The lowest BCUT2D eigenvalue weighted by atomic mass is 10.1. The molecule has 0 aromatic heterocycles. The van der Waals surface area contributed by atoms with E-state index in [0.717, 1.165) is 22.4 Å². The molecule has 3 rings (SSSR count). The average Bonchev–Trinajstić information content (AvgIpc) is 3.11. The standard InChI is InChI=1S/C21H23NO4/c1-15(2)24-13-18-6-4-3-5-17(18)12-22-21(23)10-8-16-7-9-19-20(11-16)26-14-25-19/h3-11,15H,12-14H2,1-2H3,(H,22,23). The van der Waals surface area contributed by atoms with Crippen molar-refractivity contribution in [2.45, 2.75) is 33.1 Å². The van der Waals surface area contributed by atoms with Crippen LogP contribution >= 0.6 is 0 Å². The summed E-state index contributed by atoms with van der Waals surface area (Å²) >= 11 is 0. The Bertz CT molecular complexity index is 798. The predicted molar refractivity (Wildman–Crippen MR) is 99.8 cm³/mol. The van der Waals surface area contributed by atoms with Gasteiger partial charge in [-0.2, -0.15) is 0 Å². The van der Waals surface area contributed by atoms with E-state index in [2.05, 4.69) is 5.32 Å². The first-order valence-electron chi connectivity index (χ1n) is 8.66. The molecule has 0 radical (unpaired) electrons. The molecule has 26 heavy (non-hydrogen) atoms. The molecule has 1 aliphatic rings. The first kappa shape index (κ1) is 18.0. The Morgan fingerprint density at radius 1 is 1.15 bits per heavy atom. The van der Waals surface area contributed by atoms with Crippen LogP contribution in [0.15, 0.2) is 48.5 Å². The molecule has 136 valence electrons. The van der Waals surface area contributed by atoms with Crippen molar-refractivity contribution >= 4 is 12.0 Å². The van der Waals surface area contributed by atoms with E-state index in [-0.39, 0.29) is 18.8 Å². The molecule has 1 amide bonds. The van der Waals surface area contributed by atoms with Crippen molar-refractivity contribution in [1.29, 1.82) is 0 Å². The molecule has 0 spiro atoms. The van der Waals surface area contributed by atoms with Crippen molar-refractivity contribution < 1.29 is 19.0 Å². The van der Waals surface area contributed by atoms with Crippen LogP contribution in [0.3, 0.4) is 0 Å². The Labute approximate surface area is 153 Å². The van der Waals surface area contributed by atoms with Crippen LogP contribution in [0.2, 0.25) is 0 Å². The molecule has 0 saturated carbocycles. The zero-order valence-corrected chi connectivity index (χ0v) is 15.0. The normalized spacial score (nSPS) is 12.7. The lowest BCUT2D eigenvalue weighted by Gasteiger charge is -2.12. The van der Waals surface area contributed by atoms with E-state index in [9.17, 15) is 4.79 Å². The first-order valence-corrected chi connectivity index (χ1v) is 8.66. The molecule has 5 nitrogen and oxygen atoms in total. The Balaban J connectivity index is 1.56. The van der Waals surface area contributed by atoms with Gasteiger partial charge in [0.1, 0.15) is 0 Å². The third kappa shape index (κ3) is 4.86. The van der Waals surface area contributed by atoms with Gasteiger partial charge in [-0.3, -0.25) is 4.79 Å². The van der Waals surface area contributed by atoms with Crippen molar-refractivity contribution in [2.75, 3.05) is 6.79 Å². The maximum Gasteiger partial charge on any atom is 0.244 e. The summed E-state index contributed by atoms with van der Waals surface area (Å²) in [6.07, 6.45) is 3.44. The van der Waals surface area contributed by atoms with Gasteiger partial charge in [-0.15, -0.1) is 0 Å². The fraction of sp³-hybridized carbons (Fsp3) is 0.286. The Morgan fingerprint density at radius 2 is 1.92 bits per heavy atom. The van der Waals surface area contributed by atoms with Crippen LogP contribution in [0, 0.1) is 0 Å². The minimum atomic E-state index is -0.151. The summed E-state index contributed by atoms with van der Waals surface area (Å²) in [5.41, 5.74) is 3.02. The van der Waals surface area contributed by atoms with Gasteiger partial charge in [0.2, 0.25) is 12.7 Å². The van der Waals surface area contributed by atoms with Crippen LogP contribution in [0.4, 0.5) is 0 Å². The quantitative estimate of drug-likeness (QED) is 0.772. The molecule has 0 bridgehead atoms. The third-order valence-electron chi connectivity index (χ3n) is 3.97. The highest BCUT2D eigenvalue weighted by Gasteiger charge is 2.12. The van der Waals surface area contributed by atoms with Gasteiger partial charge < -0.3 is 19.5 Å². The summed E-state index contributed by atoms with van der Waals surface area (Å²) < 4.78 is 16.3. The minimum absolute atomic E-state index is 0.151. The predicted octanol–water partition coefficient (Wildman–Crippen LogP) is 3.67. The number of carbonyl (C=O) groups is 1. The summed E-state index contributed by atoms with van der Waals surface area (Å²) in [5.74, 6) is 1.28. The van der Waals surface area contributed by atoms with Gasteiger partial charge in [0.25, 0.3) is 0 Å². The van der Waals surface area contributed by atoms with E-state index < -0.39 is 0 Å². The molecule has 5 heteroatoms. The van der Waals surface area contributed by atoms with Gasteiger partial charge in [0.05, 0.1) is 12.7 Å². The number of amides is 1. The molecule has 2 aromatic carbocycles. The number of fused-ring (bicyclic) bond motifs is 1. The topological polar surface area (TPSA) is 56.8 Å². The van der Waals surface area contributed by atoms with Crippen LogP contribution < -0.4 is 14.8 Å². The van der Waals surface area contributed by atoms with E-state index in [0.29, 0.717) is 18.9 Å². The number of nitrogens with one attached hydrogen (secondary N) is 1. The van der Waals surface area contributed by atoms with Crippen LogP contribution in [0.25, 0.3) is 6.08 Å². The smallest absolute Gasteiger partial charge is 0.244 e. The van der Waals surface area contributed by atoms with Crippen LogP contribution in [-0.2, 0) is 22.7 Å². The Hall–Kier alpha value is -2.79. The zero-order valence-electron chi connectivity index (χ0n) is 15.0. The van der Waals surface area contributed by atoms with E-state index in [1.807, 2.05) is 56.3 Å². The molecule has 0 fully saturated rings.